The van der Waals surface area contributed by atoms with Gasteiger partial charge in [-0.3, -0.25) is 4.79 Å². The van der Waals surface area contributed by atoms with Gasteiger partial charge in [-0.15, -0.1) is 0 Å². The van der Waals surface area contributed by atoms with E-state index in [9.17, 15) is 9.18 Å². The van der Waals surface area contributed by atoms with Gasteiger partial charge in [0, 0.05) is 31.7 Å². The van der Waals surface area contributed by atoms with Crippen LogP contribution in [0.15, 0.2) is 54.6 Å². The fraction of sp³-hybridized carbons (Fsp3) is 0.350. The summed E-state index contributed by atoms with van der Waals surface area (Å²) in [6.45, 7) is 2.76. The van der Waals surface area contributed by atoms with Crippen molar-refractivity contribution in [2.45, 2.75) is 18.9 Å². The molecule has 0 aliphatic carbocycles. The maximum atomic E-state index is 13.1. The van der Waals surface area contributed by atoms with Gasteiger partial charge in [0.1, 0.15) is 5.82 Å². The van der Waals surface area contributed by atoms with Crippen LogP contribution in [0.4, 0.5) is 10.1 Å². The maximum Gasteiger partial charge on any atom is 0.220 e. The van der Waals surface area contributed by atoms with Crippen molar-refractivity contribution >= 4 is 11.6 Å². The van der Waals surface area contributed by atoms with E-state index in [1.54, 1.807) is 6.07 Å². The molecule has 1 heterocycles. The fourth-order valence-corrected chi connectivity index (χ4v) is 2.98. The summed E-state index contributed by atoms with van der Waals surface area (Å²) in [6, 6.07) is 16.6. The van der Waals surface area contributed by atoms with E-state index in [1.165, 1.54) is 17.8 Å². The molecule has 1 fully saturated rings. The van der Waals surface area contributed by atoms with Crippen molar-refractivity contribution in [3.63, 3.8) is 0 Å². The molecule has 2 aromatic rings. The summed E-state index contributed by atoms with van der Waals surface area (Å²) >= 11 is 0. The molecule has 1 amide bonds. The van der Waals surface area contributed by atoms with Gasteiger partial charge in [0.2, 0.25) is 5.91 Å². The number of nitrogens with one attached hydrogen (secondary N) is 1. The molecule has 25 heavy (non-hydrogen) atoms. The molecule has 1 N–H and O–H groups in total. The minimum atomic E-state index is -0.269. The van der Waals surface area contributed by atoms with Gasteiger partial charge in [-0.05, 0) is 36.2 Å². The van der Waals surface area contributed by atoms with Gasteiger partial charge in [-0.25, -0.2) is 4.39 Å². The molecule has 0 radical (unpaired) electrons. The molecule has 132 valence electrons. The number of hydrogen-bond donors (Lipinski definition) is 1. The maximum absolute atomic E-state index is 13.1. The lowest BCUT2D eigenvalue weighted by Gasteiger charge is -2.34. The third-order valence-electron chi connectivity index (χ3n) is 4.32. The first-order valence-corrected chi connectivity index (χ1v) is 8.63. The first-order valence-electron chi connectivity index (χ1n) is 8.63. The van der Waals surface area contributed by atoms with Gasteiger partial charge >= 0.3 is 0 Å². The first-order chi connectivity index (χ1) is 12.2. The summed E-state index contributed by atoms with van der Waals surface area (Å²) in [4.78, 5) is 14.3. The van der Waals surface area contributed by atoms with Crippen LogP contribution in [0.1, 0.15) is 12.0 Å². The highest BCUT2D eigenvalue weighted by Gasteiger charge is 2.21. The molecular weight excluding hydrogens is 319 g/mol. The molecular formula is C20H23FN2O2. The van der Waals surface area contributed by atoms with Gasteiger partial charge in [-0.1, -0.05) is 30.3 Å². The van der Waals surface area contributed by atoms with Crippen LogP contribution in [0.2, 0.25) is 0 Å². The van der Waals surface area contributed by atoms with E-state index in [2.05, 4.69) is 22.3 Å². The number of para-hydroxylation sites is 1. The van der Waals surface area contributed by atoms with Gasteiger partial charge < -0.3 is 15.0 Å². The third kappa shape index (κ3) is 5.29. The molecule has 1 atom stereocenters. The third-order valence-corrected chi connectivity index (χ3v) is 4.32. The van der Waals surface area contributed by atoms with Crippen LogP contribution < -0.4 is 10.2 Å². The number of carbonyl (C=O) groups excluding carboxylic acids is 1. The van der Waals surface area contributed by atoms with Crippen molar-refractivity contribution in [2.75, 3.05) is 31.1 Å². The number of carbonyl (C=O) groups is 1. The van der Waals surface area contributed by atoms with E-state index in [0.717, 1.165) is 18.7 Å². The zero-order valence-corrected chi connectivity index (χ0v) is 14.2. The number of amides is 1. The molecule has 0 aromatic heterocycles. The Morgan fingerprint density at radius 3 is 2.84 bits per heavy atom. The molecule has 0 spiro atoms. The summed E-state index contributed by atoms with van der Waals surface area (Å²) in [7, 11) is 0. The second-order valence-corrected chi connectivity index (χ2v) is 6.21. The number of ether oxygens (including phenoxy) is 1. The molecule has 1 aliphatic rings. The topological polar surface area (TPSA) is 41.6 Å². The Morgan fingerprint density at radius 2 is 2.04 bits per heavy atom. The highest BCUT2D eigenvalue weighted by molar-refractivity contribution is 5.76. The molecule has 1 unspecified atom stereocenters. The fourth-order valence-electron chi connectivity index (χ4n) is 2.98. The summed E-state index contributed by atoms with van der Waals surface area (Å²) in [6.07, 6.45) is 0.858. The van der Waals surface area contributed by atoms with E-state index < -0.39 is 0 Å². The minimum absolute atomic E-state index is 0.0212. The Morgan fingerprint density at radius 1 is 1.20 bits per heavy atom. The Labute approximate surface area is 147 Å². The van der Waals surface area contributed by atoms with Crippen LogP contribution in [-0.2, 0) is 16.0 Å². The summed E-state index contributed by atoms with van der Waals surface area (Å²) < 4.78 is 18.9. The summed E-state index contributed by atoms with van der Waals surface area (Å²) in [5.74, 6) is -0.306. The van der Waals surface area contributed by atoms with E-state index in [0.29, 0.717) is 26.0 Å². The average molecular weight is 342 g/mol. The number of aryl methyl sites for hydroxylation is 1. The van der Waals surface area contributed by atoms with Crippen molar-refractivity contribution in [3.05, 3.63) is 66.0 Å². The number of nitrogens with zero attached hydrogens (tertiary/aromatic N) is 1. The van der Waals surface area contributed by atoms with Crippen molar-refractivity contribution < 1.29 is 13.9 Å². The number of benzene rings is 2. The number of halogens is 1. The van der Waals surface area contributed by atoms with E-state index in [4.69, 9.17) is 4.74 Å². The molecule has 5 heteroatoms. The second-order valence-electron chi connectivity index (χ2n) is 6.21. The van der Waals surface area contributed by atoms with Crippen LogP contribution in [0.5, 0.6) is 0 Å². The molecule has 1 saturated heterocycles. The summed E-state index contributed by atoms with van der Waals surface area (Å²) in [5.41, 5.74) is 2.01. The van der Waals surface area contributed by atoms with Crippen LogP contribution >= 0.6 is 0 Å². The smallest absolute Gasteiger partial charge is 0.220 e. The lowest BCUT2D eigenvalue weighted by atomic mass is 10.1. The van der Waals surface area contributed by atoms with Crippen molar-refractivity contribution in [1.29, 1.82) is 0 Å². The second kappa shape index (κ2) is 8.62. The van der Waals surface area contributed by atoms with E-state index in [1.807, 2.05) is 24.3 Å². The first kappa shape index (κ1) is 17.4. The van der Waals surface area contributed by atoms with Crippen LogP contribution in [-0.4, -0.2) is 38.3 Å². The number of hydrogen-bond acceptors (Lipinski definition) is 3. The number of rotatable bonds is 6. The van der Waals surface area contributed by atoms with Gasteiger partial charge in [0.15, 0.2) is 0 Å². The van der Waals surface area contributed by atoms with E-state index >= 15 is 0 Å². The quantitative estimate of drug-likeness (QED) is 0.878. The number of morpholine rings is 1. The molecule has 0 saturated carbocycles. The van der Waals surface area contributed by atoms with Crippen molar-refractivity contribution in [2.24, 2.45) is 0 Å². The largest absolute Gasteiger partial charge is 0.373 e. The minimum Gasteiger partial charge on any atom is -0.373 e. The van der Waals surface area contributed by atoms with Crippen LogP contribution in [0.3, 0.4) is 0 Å². The molecule has 4 nitrogen and oxygen atoms in total. The zero-order chi connectivity index (χ0) is 17.5. The average Bonchev–Trinajstić information content (AvgIpc) is 2.66. The molecule has 3 rings (SSSR count). The summed E-state index contributed by atoms with van der Waals surface area (Å²) in [5, 5.41) is 2.92. The normalized spacial score (nSPS) is 17.3. The lowest BCUT2D eigenvalue weighted by molar-refractivity contribution is -0.121. The van der Waals surface area contributed by atoms with Gasteiger partial charge in [0.05, 0.1) is 12.7 Å². The monoisotopic (exact) mass is 342 g/mol. The zero-order valence-electron chi connectivity index (χ0n) is 14.2. The highest BCUT2D eigenvalue weighted by Crippen LogP contribution is 2.16. The van der Waals surface area contributed by atoms with Crippen molar-refractivity contribution in [1.82, 2.24) is 5.32 Å². The van der Waals surface area contributed by atoms with Crippen LogP contribution in [0.25, 0.3) is 0 Å². The Bertz CT molecular complexity index is 693. The Kier molecular flexibility index (Phi) is 6.01. The number of anilines is 1. The predicted octanol–water partition coefficient (Wildman–Crippen LogP) is 2.78. The van der Waals surface area contributed by atoms with Gasteiger partial charge in [0.25, 0.3) is 0 Å². The van der Waals surface area contributed by atoms with E-state index in [-0.39, 0.29) is 17.8 Å². The molecule has 2 aromatic carbocycles. The standard InChI is InChI=1S/C20H23FN2O2/c21-17-6-4-5-16(13-17)9-10-20(24)22-14-19-15-23(11-12-25-19)18-7-2-1-3-8-18/h1-8,13,19H,9-12,14-15H2,(H,22,24). The predicted molar refractivity (Wildman–Crippen MR) is 96.1 cm³/mol. The SMILES string of the molecule is O=C(CCc1cccc(F)c1)NCC1CN(c2ccccc2)CCO1. The Balaban J connectivity index is 1.42. The molecule has 0 bridgehead atoms. The van der Waals surface area contributed by atoms with Crippen LogP contribution in [0, 0.1) is 5.82 Å². The Hall–Kier alpha value is -2.40. The lowest BCUT2D eigenvalue weighted by Crippen LogP contribution is -2.47. The highest BCUT2D eigenvalue weighted by atomic mass is 19.1. The van der Waals surface area contributed by atoms with Gasteiger partial charge in [-0.2, -0.15) is 0 Å². The van der Waals surface area contributed by atoms with Crippen molar-refractivity contribution in [3.8, 4) is 0 Å². The molecule has 1 aliphatic heterocycles.